The van der Waals surface area contributed by atoms with Crippen LogP contribution in [-0.4, -0.2) is 40.8 Å². The largest absolute Gasteiger partial charge is 0.353 e. The van der Waals surface area contributed by atoms with E-state index < -0.39 is 10.6 Å². The molecule has 0 bridgehead atoms. The van der Waals surface area contributed by atoms with Crippen molar-refractivity contribution in [1.82, 2.24) is 10.2 Å². The molecule has 2 aliphatic rings. The number of likely N-dealkylation sites (tertiary alicyclic amines) is 1. The summed E-state index contributed by atoms with van der Waals surface area (Å²) in [4.78, 5) is 37.5. The fourth-order valence-corrected chi connectivity index (χ4v) is 4.35. The minimum absolute atomic E-state index is 0.00970. The Kier molecular flexibility index (Phi) is 6.78. The fourth-order valence-electron chi connectivity index (χ4n) is 3.96. The van der Waals surface area contributed by atoms with Crippen molar-refractivity contribution in [2.24, 2.45) is 5.92 Å². The Morgan fingerprint density at radius 3 is 2.50 bits per heavy atom. The van der Waals surface area contributed by atoms with E-state index in [0.29, 0.717) is 19.5 Å². The van der Waals surface area contributed by atoms with Crippen molar-refractivity contribution in [3.05, 3.63) is 37.9 Å². The number of carbonyl (C=O) groups excluding carboxylic acids is 2. The lowest BCUT2D eigenvalue weighted by Crippen LogP contribution is -2.47. The first-order valence-corrected chi connectivity index (χ1v) is 10.4. The lowest BCUT2D eigenvalue weighted by atomic mass is 9.92. The molecule has 2 fully saturated rings. The second-order valence-electron chi connectivity index (χ2n) is 7.48. The summed E-state index contributed by atoms with van der Waals surface area (Å²) >= 11 is 11.8. The van der Waals surface area contributed by atoms with E-state index in [1.165, 1.54) is 12.5 Å². The molecule has 1 saturated heterocycles. The normalized spacial score (nSPS) is 20.6. The van der Waals surface area contributed by atoms with E-state index in [-0.39, 0.29) is 39.4 Å². The highest BCUT2D eigenvalue weighted by atomic mass is 35.5. The van der Waals surface area contributed by atoms with Crippen LogP contribution in [0.5, 0.6) is 0 Å². The third-order valence-electron chi connectivity index (χ3n) is 5.48. The molecule has 0 radical (unpaired) electrons. The van der Waals surface area contributed by atoms with Gasteiger partial charge in [0.1, 0.15) is 5.02 Å². The molecular weight excluding hydrogens is 405 g/mol. The average Bonchev–Trinajstić information content (AvgIpc) is 2.70. The zero-order valence-electron chi connectivity index (χ0n) is 15.5. The minimum Gasteiger partial charge on any atom is -0.353 e. The molecule has 1 unspecified atom stereocenters. The maximum absolute atomic E-state index is 12.9. The van der Waals surface area contributed by atoms with Gasteiger partial charge in [0.25, 0.3) is 11.6 Å². The number of amides is 2. The van der Waals surface area contributed by atoms with E-state index in [1.807, 2.05) is 0 Å². The Morgan fingerprint density at radius 2 is 1.82 bits per heavy atom. The van der Waals surface area contributed by atoms with Gasteiger partial charge in [-0.1, -0.05) is 42.5 Å². The zero-order valence-corrected chi connectivity index (χ0v) is 17.0. The van der Waals surface area contributed by atoms with Gasteiger partial charge in [0.2, 0.25) is 5.91 Å². The molecule has 2 amide bonds. The van der Waals surface area contributed by atoms with Crippen molar-refractivity contribution in [1.29, 1.82) is 0 Å². The van der Waals surface area contributed by atoms with Gasteiger partial charge in [0.05, 0.1) is 15.9 Å². The first kappa shape index (κ1) is 20.9. The third-order valence-corrected chi connectivity index (χ3v) is 6.28. The number of rotatable bonds is 4. The van der Waals surface area contributed by atoms with E-state index >= 15 is 0 Å². The predicted molar refractivity (Wildman–Crippen MR) is 107 cm³/mol. The third kappa shape index (κ3) is 4.75. The highest BCUT2D eigenvalue weighted by molar-refractivity contribution is 6.43. The van der Waals surface area contributed by atoms with Crippen LogP contribution in [0.3, 0.4) is 0 Å². The molecule has 9 heteroatoms. The number of benzene rings is 1. The summed E-state index contributed by atoms with van der Waals surface area (Å²) in [6, 6.07) is 2.71. The van der Waals surface area contributed by atoms with Gasteiger partial charge in [-0.25, -0.2) is 0 Å². The van der Waals surface area contributed by atoms with Gasteiger partial charge in [-0.3, -0.25) is 19.7 Å². The highest BCUT2D eigenvalue weighted by Gasteiger charge is 2.31. The highest BCUT2D eigenvalue weighted by Crippen LogP contribution is 2.34. The van der Waals surface area contributed by atoms with E-state index in [0.717, 1.165) is 38.2 Å². The maximum atomic E-state index is 12.9. The number of nitrogens with one attached hydrogen (secondary N) is 1. The standard InChI is InChI=1S/C19H23Cl2N3O4/c20-15-9-13(10-16(17(15)21)24(27)28)19(26)23-8-4-5-12(11-23)18(25)22-14-6-2-1-3-7-14/h9-10,12,14H,1-8,11H2,(H,22,25). The van der Waals surface area contributed by atoms with Gasteiger partial charge in [0, 0.05) is 30.8 Å². The predicted octanol–water partition coefficient (Wildman–Crippen LogP) is 4.20. The van der Waals surface area contributed by atoms with E-state index in [4.69, 9.17) is 23.2 Å². The van der Waals surface area contributed by atoms with E-state index in [1.54, 1.807) is 4.90 Å². The van der Waals surface area contributed by atoms with Crippen molar-refractivity contribution in [2.75, 3.05) is 13.1 Å². The summed E-state index contributed by atoms with van der Waals surface area (Å²) < 4.78 is 0. The second kappa shape index (κ2) is 9.09. The van der Waals surface area contributed by atoms with Crippen molar-refractivity contribution in [3.63, 3.8) is 0 Å². The van der Waals surface area contributed by atoms with Gasteiger partial charge >= 0.3 is 0 Å². The first-order valence-electron chi connectivity index (χ1n) is 9.60. The van der Waals surface area contributed by atoms with Crippen LogP contribution in [0.15, 0.2) is 12.1 Å². The molecule has 3 rings (SSSR count). The van der Waals surface area contributed by atoms with Gasteiger partial charge in [-0.2, -0.15) is 0 Å². The zero-order chi connectivity index (χ0) is 20.3. The molecule has 1 N–H and O–H groups in total. The van der Waals surface area contributed by atoms with Crippen molar-refractivity contribution in [3.8, 4) is 0 Å². The minimum atomic E-state index is -0.665. The number of piperidine rings is 1. The van der Waals surface area contributed by atoms with E-state index in [9.17, 15) is 19.7 Å². The Hall–Kier alpha value is -1.86. The summed E-state index contributed by atoms with van der Waals surface area (Å²) in [5.41, 5.74) is -0.296. The SMILES string of the molecule is O=C(NC1CCCCC1)C1CCCN(C(=O)c2cc(Cl)c(Cl)c([N+](=O)[O-])c2)C1. The van der Waals surface area contributed by atoms with Crippen LogP contribution in [0.1, 0.15) is 55.3 Å². The summed E-state index contributed by atoms with van der Waals surface area (Å²) in [7, 11) is 0. The molecular formula is C19H23Cl2N3O4. The topological polar surface area (TPSA) is 92.6 Å². The van der Waals surface area contributed by atoms with Gasteiger partial charge < -0.3 is 10.2 Å². The van der Waals surface area contributed by atoms with Crippen molar-refractivity contribution < 1.29 is 14.5 Å². The lowest BCUT2D eigenvalue weighted by Gasteiger charge is -2.33. The molecule has 1 aromatic carbocycles. The number of halogens is 2. The Bertz CT molecular complexity index is 781. The summed E-state index contributed by atoms with van der Waals surface area (Å²) in [6.45, 7) is 0.797. The number of hydrogen-bond acceptors (Lipinski definition) is 4. The maximum Gasteiger partial charge on any atom is 0.290 e. The molecule has 1 atom stereocenters. The summed E-state index contributed by atoms with van der Waals surface area (Å²) in [6.07, 6.45) is 6.93. The van der Waals surface area contributed by atoms with E-state index in [2.05, 4.69) is 5.32 Å². The van der Waals surface area contributed by atoms with Crippen LogP contribution in [-0.2, 0) is 4.79 Å². The average molecular weight is 428 g/mol. The molecule has 0 aromatic heterocycles. The number of hydrogen-bond donors (Lipinski definition) is 1. The number of nitro groups is 1. The van der Waals surface area contributed by atoms with Crippen LogP contribution in [0.4, 0.5) is 5.69 Å². The number of nitro benzene ring substituents is 1. The van der Waals surface area contributed by atoms with Gasteiger partial charge in [-0.15, -0.1) is 0 Å². The Labute approximate surface area is 173 Å². The van der Waals surface area contributed by atoms with Gasteiger partial charge in [-0.05, 0) is 31.7 Å². The number of nitrogens with zero attached hydrogens (tertiary/aromatic N) is 2. The molecule has 7 nitrogen and oxygen atoms in total. The summed E-state index contributed by atoms with van der Waals surface area (Å²) in [5.74, 6) is -0.654. The first-order chi connectivity index (χ1) is 13.4. The van der Waals surface area contributed by atoms with Crippen LogP contribution in [0, 0.1) is 16.0 Å². The van der Waals surface area contributed by atoms with Crippen LogP contribution in [0.25, 0.3) is 0 Å². The molecule has 0 spiro atoms. The molecule has 152 valence electrons. The molecule has 1 saturated carbocycles. The van der Waals surface area contributed by atoms with Gasteiger partial charge in [0.15, 0.2) is 0 Å². The monoisotopic (exact) mass is 427 g/mol. The number of carbonyl (C=O) groups is 2. The van der Waals surface area contributed by atoms with Crippen molar-refractivity contribution in [2.45, 2.75) is 51.0 Å². The Balaban J connectivity index is 1.69. The Morgan fingerprint density at radius 1 is 1.11 bits per heavy atom. The van der Waals surface area contributed by atoms with Crippen molar-refractivity contribution >= 4 is 40.7 Å². The molecule has 1 aliphatic carbocycles. The van der Waals surface area contributed by atoms with Crippen LogP contribution < -0.4 is 5.32 Å². The molecule has 1 heterocycles. The summed E-state index contributed by atoms with van der Waals surface area (Å²) in [5, 5.41) is 14.0. The van der Waals surface area contributed by atoms with Crippen LogP contribution >= 0.6 is 23.2 Å². The molecule has 1 aliphatic heterocycles. The smallest absolute Gasteiger partial charge is 0.290 e. The fraction of sp³-hybridized carbons (Fsp3) is 0.579. The quantitative estimate of drug-likeness (QED) is 0.575. The van der Waals surface area contributed by atoms with Crippen LogP contribution in [0.2, 0.25) is 10.0 Å². The molecule has 1 aromatic rings. The second-order valence-corrected chi connectivity index (χ2v) is 8.27. The lowest BCUT2D eigenvalue weighted by molar-refractivity contribution is -0.384. The molecule has 28 heavy (non-hydrogen) atoms.